The van der Waals surface area contributed by atoms with Gasteiger partial charge in [-0.3, -0.25) is 14.5 Å². The number of likely N-dealkylation sites (N-methyl/N-ethyl adjacent to an activating group) is 1. The van der Waals surface area contributed by atoms with Gasteiger partial charge in [-0.25, -0.2) is 4.79 Å². The summed E-state index contributed by atoms with van der Waals surface area (Å²) >= 11 is 6.02. The molecule has 1 heterocycles. The second kappa shape index (κ2) is 11.6. The number of rotatable bonds is 8. The summed E-state index contributed by atoms with van der Waals surface area (Å²) in [6.45, 7) is 3.17. The van der Waals surface area contributed by atoms with Crippen LogP contribution in [0.5, 0.6) is 17.2 Å². The van der Waals surface area contributed by atoms with E-state index in [-0.39, 0.29) is 41.0 Å². The molecule has 8 nitrogen and oxygen atoms in total. The molecule has 38 heavy (non-hydrogen) atoms. The zero-order chi connectivity index (χ0) is 28.4. The van der Waals surface area contributed by atoms with E-state index in [0.29, 0.717) is 30.7 Å². The monoisotopic (exact) mass is 557 g/mol. The van der Waals surface area contributed by atoms with Crippen LogP contribution in [0.2, 0.25) is 5.02 Å². The molecule has 1 saturated heterocycles. The first kappa shape index (κ1) is 29.2. The molecule has 12 heteroatoms. The third-order valence-corrected chi connectivity index (χ3v) is 6.71. The van der Waals surface area contributed by atoms with E-state index >= 15 is 0 Å². The van der Waals surface area contributed by atoms with E-state index in [9.17, 15) is 27.6 Å². The molecule has 0 aromatic heterocycles. The number of ether oxygens (including phenoxy) is 4. The van der Waals surface area contributed by atoms with Gasteiger partial charge in [0.25, 0.3) is 0 Å². The van der Waals surface area contributed by atoms with E-state index in [2.05, 4.69) is 0 Å². The van der Waals surface area contributed by atoms with E-state index in [0.717, 1.165) is 6.07 Å². The molecule has 0 radical (unpaired) electrons. The molecule has 0 bridgehead atoms. The van der Waals surface area contributed by atoms with Gasteiger partial charge in [-0.1, -0.05) is 11.6 Å². The predicted molar refractivity (Wildman–Crippen MR) is 131 cm³/mol. The third-order valence-electron chi connectivity index (χ3n) is 6.40. The molecule has 0 N–H and O–H groups in total. The summed E-state index contributed by atoms with van der Waals surface area (Å²) in [4.78, 5) is 39.5. The predicted octanol–water partition coefficient (Wildman–Crippen LogP) is 5.15. The van der Waals surface area contributed by atoms with Gasteiger partial charge in [0.2, 0.25) is 0 Å². The van der Waals surface area contributed by atoms with Crippen molar-refractivity contribution in [3.8, 4) is 17.2 Å². The summed E-state index contributed by atoms with van der Waals surface area (Å²) in [6, 6.07) is 3.38. The van der Waals surface area contributed by atoms with Crippen molar-refractivity contribution in [2.45, 2.75) is 38.4 Å². The summed E-state index contributed by atoms with van der Waals surface area (Å²) in [5.74, 6) is -2.30. The second-order valence-corrected chi connectivity index (χ2v) is 9.19. The van der Waals surface area contributed by atoms with Crippen LogP contribution in [0.3, 0.4) is 0 Å². The van der Waals surface area contributed by atoms with Gasteiger partial charge in [0.05, 0.1) is 36.4 Å². The second-order valence-electron chi connectivity index (χ2n) is 8.78. The third kappa shape index (κ3) is 6.05. The zero-order valence-electron chi connectivity index (χ0n) is 21.4. The van der Waals surface area contributed by atoms with Crippen LogP contribution in [0.25, 0.3) is 0 Å². The van der Waals surface area contributed by atoms with Crippen LogP contribution in [0.4, 0.5) is 13.2 Å². The fourth-order valence-corrected chi connectivity index (χ4v) is 4.80. The fourth-order valence-electron chi connectivity index (χ4n) is 4.54. The lowest BCUT2D eigenvalue weighted by Gasteiger charge is -2.28. The minimum absolute atomic E-state index is 0.0270. The van der Waals surface area contributed by atoms with Gasteiger partial charge >= 0.3 is 18.1 Å². The number of carbonyl (C=O) groups is 3. The summed E-state index contributed by atoms with van der Waals surface area (Å²) in [7, 11) is 4.56. The van der Waals surface area contributed by atoms with Crippen molar-refractivity contribution < 1.29 is 46.5 Å². The highest BCUT2D eigenvalue weighted by atomic mass is 35.5. The van der Waals surface area contributed by atoms with Gasteiger partial charge in [0, 0.05) is 24.5 Å². The topological polar surface area (TPSA) is 91.4 Å². The molecular weight excluding hydrogens is 531 g/mol. The Labute approximate surface area is 222 Å². The number of hydrogen-bond donors (Lipinski definition) is 0. The molecule has 0 saturated carbocycles. The number of halogens is 4. The SMILES string of the molecule is COc1cc(OC)c(C2CCN(C)C2COC(C)=O)c(OC(=O)c2ccc(C(F)(F)F)cc2Cl)c1C(C)=O. The number of carbonyl (C=O) groups excluding carboxylic acids is 3. The lowest BCUT2D eigenvalue weighted by molar-refractivity contribution is -0.142. The van der Waals surface area contributed by atoms with Crippen molar-refractivity contribution in [3.63, 3.8) is 0 Å². The smallest absolute Gasteiger partial charge is 0.416 e. The van der Waals surface area contributed by atoms with Crippen LogP contribution in [0, 0.1) is 0 Å². The first-order chi connectivity index (χ1) is 17.8. The first-order valence-electron chi connectivity index (χ1n) is 11.5. The number of nitrogens with zero attached hydrogens (tertiary/aromatic N) is 1. The Hall–Kier alpha value is -3.31. The molecule has 0 spiro atoms. The Balaban J connectivity index is 2.18. The maximum absolute atomic E-state index is 13.2. The molecule has 2 aromatic rings. The fraction of sp³-hybridized carbons (Fsp3) is 0.423. The minimum Gasteiger partial charge on any atom is -0.496 e. The average Bonchev–Trinajstić information content (AvgIpc) is 3.20. The first-order valence-corrected chi connectivity index (χ1v) is 11.9. The van der Waals surface area contributed by atoms with Crippen LogP contribution in [-0.4, -0.2) is 63.1 Å². The van der Waals surface area contributed by atoms with E-state index in [1.165, 1.54) is 34.1 Å². The number of hydrogen-bond acceptors (Lipinski definition) is 8. The highest BCUT2D eigenvalue weighted by molar-refractivity contribution is 6.33. The molecule has 0 aliphatic carbocycles. The largest absolute Gasteiger partial charge is 0.496 e. The van der Waals surface area contributed by atoms with Crippen molar-refractivity contribution in [3.05, 3.63) is 51.5 Å². The summed E-state index contributed by atoms with van der Waals surface area (Å²) in [5.41, 5.74) is -1.06. The van der Waals surface area contributed by atoms with Crippen LogP contribution >= 0.6 is 11.6 Å². The number of alkyl halides is 3. The van der Waals surface area contributed by atoms with E-state index < -0.39 is 40.4 Å². The molecule has 2 aromatic carbocycles. The molecule has 0 amide bonds. The van der Waals surface area contributed by atoms with Crippen molar-refractivity contribution in [1.29, 1.82) is 0 Å². The van der Waals surface area contributed by atoms with Crippen LogP contribution in [0.15, 0.2) is 24.3 Å². The molecular formula is C26H27ClF3NO7. The van der Waals surface area contributed by atoms with Gasteiger partial charge in [-0.05, 0) is 45.1 Å². The lowest BCUT2D eigenvalue weighted by atomic mass is 9.87. The summed E-state index contributed by atoms with van der Waals surface area (Å²) < 4.78 is 61.2. The van der Waals surface area contributed by atoms with E-state index in [1.54, 1.807) is 0 Å². The molecule has 3 rings (SSSR count). The van der Waals surface area contributed by atoms with Gasteiger partial charge < -0.3 is 18.9 Å². The molecule has 2 unspecified atom stereocenters. The quantitative estimate of drug-likeness (QED) is 0.250. The molecule has 206 valence electrons. The van der Waals surface area contributed by atoms with Crippen LogP contribution < -0.4 is 14.2 Å². The minimum atomic E-state index is -4.66. The van der Waals surface area contributed by atoms with Crippen molar-refractivity contribution in [2.24, 2.45) is 0 Å². The Morgan fingerprint density at radius 2 is 1.74 bits per heavy atom. The lowest BCUT2D eigenvalue weighted by Crippen LogP contribution is -2.34. The van der Waals surface area contributed by atoms with Gasteiger partial charge in [0.1, 0.15) is 23.7 Å². The molecule has 1 aliphatic heterocycles. The maximum Gasteiger partial charge on any atom is 0.416 e. The summed E-state index contributed by atoms with van der Waals surface area (Å²) in [6.07, 6.45) is -4.12. The molecule has 1 fully saturated rings. The number of esters is 2. The Morgan fingerprint density at radius 3 is 2.26 bits per heavy atom. The highest BCUT2D eigenvalue weighted by Crippen LogP contribution is 2.48. The van der Waals surface area contributed by atoms with Crippen LogP contribution in [-0.2, 0) is 15.7 Å². The maximum atomic E-state index is 13.2. The van der Waals surface area contributed by atoms with Gasteiger partial charge in [0.15, 0.2) is 11.5 Å². The Kier molecular flexibility index (Phi) is 8.94. The highest BCUT2D eigenvalue weighted by Gasteiger charge is 2.40. The summed E-state index contributed by atoms with van der Waals surface area (Å²) in [5, 5.41) is -0.473. The van der Waals surface area contributed by atoms with Crippen molar-refractivity contribution in [2.75, 3.05) is 34.4 Å². The Bertz CT molecular complexity index is 1250. The number of ketones is 1. The number of methoxy groups -OCH3 is 2. The van der Waals surface area contributed by atoms with Gasteiger partial charge in [-0.2, -0.15) is 13.2 Å². The van der Waals surface area contributed by atoms with E-state index in [1.807, 2.05) is 11.9 Å². The molecule has 1 aliphatic rings. The Morgan fingerprint density at radius 1 is 1.08 bits per heavy atom. The van der Waals surface area contributed by atoms with Gasteiger partial charge in [-0.15, -0.1) is 0 Å². The van der Waals surface area contributed by atoms with Crippen molar-refractivity contribution >= 4 is 29.3 Å². The number of likely N-dealkylation sites (tertiary alicyclic amines) is 1. The average molecular weight is 558 g/mol. The number of benzene rings is 2. The normalized spacial score (nSPS) is 17.7. The number of Topliss-reactive ketones (excluding diaryl/α,β-unsaturated/α-hetero) is 1. The van der Waals surface area contributed by atoms with Crippen molar-refractivity contribution in [1.82, 2.24) is 4.90 Å². The zero-order valence-corrected chi connectivity index (χ0v) is 22.2. The van der Waals surface area contributed by atoms with Crippen LogP contribution in [0.1, 0.15) is 58.0 Å². The van der Waals surface area contributed by atoms with E-state index in [4.69, 9.17) is 30.5 Å². The molecule has 2 atom stereocenters. The standard InChI is InChI=1S/C26H27ClF3NO7/c1-13(32)22-20(35-4)11-21(36-5)23(17-8-9-31(3)19(17)12-37-14(2)33)24(22)38-25(34)16-7-6-15(10-18(16)27)26(28,29)30/h6-7,10-11,17,19H,8-9,12H2,1-5H3.